The van der Waals surface area contributed by atoms with E-state index in [4.69, 9.17) is 4.74 Å². The van der Waals surface area contributed by atoms with E-state index in [1.165, 1.54) is 0 Å². The smallest absolute Gasteiger partial charge is 0.223 e. The van der Waals surface area contributed by atoms with Gasteiger partial charge in [0.15, 0.2) is 0 Å². The van der Waals surface area contributed by atoms with Crippen LogP contribution in [0.5, 0.6) is 5.75 Å². The summed E-state index contributed by atoms with van der Waals surface area (Å²) in [5.41, 5.74) is 1.16. The van der Waals surface area contributed by atoms with Crippen LogP contribution in [-0.4, -0.2) is 44.1 Å². The van der Waals surface area contributed by atoms with Gasteiger partial charge < -0.3 is 15.0 Å². The Morgan fingerprint density at radius 1 is 1.43 bits per heavy atom. The number of piperidine rings is 1. The Hall–Kier alpha value is -1.55. The van der Waals surface area contributed by atoms with Crippen LogP contribution in [0, 0.1) is 0 Å². The molecule has 1 amide bonds. The summed E-state index contributed by atoms with van der Waals surface area (Å²) in [6.07, 6.45) is 2.67. The highest BCUT2D eigenvalue weighted by Gasteiger charge is 2.23. The lowest BCUT2D eigenvalue weighted by molar-refractivity contribution is -0.132. The molecule has 4 heteroatoms. The Labute approximate surface area is 127 Å². The maximum atomic E-state index is 12.4. The largest absolute Gasteiger partial charge is 0.497 e. The molecule has 116 valence electrons. The number of amides is 1. The molecule has 1 N–H and O–H groups in total. The van der Waals surface area contributed by atoms with Crippen molar-refractivity contribution in [2.75, 3.05) is 27.2 Å². The molecule has 0 aromatic heterocycles. The lowest BCUT2D eigenvalue weighted by atomic mass is 9.96. The number of hydrogen-bond acceptors (Lipinski definition) is 3. The van der Waals surface area contributed by atoms with Gasteiger partial charge in [-0.3, -0.25) is 4.79 Å². The van der Waals surface area contributed by atoms with Crippen LogP contribution in [0.4, 0.5) is 0 Å². The molecule has 0 bridgehead atoms. The minimum Gasteiger partial charge on any atom is -0.497 e. The van der Waals surface area contributed by atoms with Gasteiger partial charge in [-0.05, 0) is 43.5 Å². The predicted octanol–water partition coefficient (Wildman–Crippen LogP) is 2.40. The topological polar surface area (TPSA) is 41.6 Å². The van der Waals surface area contributed by atoms with Gasteiger partial charge in [-0.15, -0.1) is 0 Å². The second-order valence-corrected chi connectivity index (χ2v) is 5.83. The number of hydrogen-bond donors (Lipinski definition) is 1. The highest BCUT2D eigenvalue weighted by atomic mass is 16.5. The second kappa shape index (κ2) is 7.46. The van der Waals surface area contributed by atoms with Crippen molar-refractivity contribution >= 4 is 5.91 Å². The zero-order valence-electron chi connectivity index (χ0n) is 13.3. The van der Waals surface area contributed by atoms with E-state index in [1.54, 1.807) is 7.11 Å². The number of rotatable bonds is 5. The summed E-state index contributed by atoms with van der Waals surface area (Å²) in [7, 11) is 3.66. The summed E-state index contributed by atoms with van der Waals surface area (Å²) >= 11 is 0. The van der Waals surface area contributed by atoms with E-state index >= 15 is 0 Å². The molecule has 1 aromatic rings. The van der Waals surface area contributed by atoms with Crippen molar-refractivity contribution in [3.05, 3.63) is 29.8 Å². The Morgan fingerprint density at radius 2 is 2.14 bits per heavy atom. The second-order valence-electron chi connectivity index (χ2n) is 5.83. The van der Waals surface area contributed by atoms with E-state index < -0.39 is 0 Å². The van der Waals surface area contributed by atoms with E-state index in [0.29, 0.717) is 12.5 Å². The van der Waals surface area contributed by atoms with E-state index in [-0.39, 0.29) is 11.8 Å². The van der Waals surface area contributed by atoms with Gasteiger partial charge in [0, 0.05) is 25.6 Å². The Bertz CT molecular complexity index is 468. The van der Waals surface area contributed by atoms with Crippen LogP contribution < -0.4 is 10.1 Å². The number of likely N-dealkylation sites (tertiary alicyclic amines) is 1. The summed E-state index contributed by atoms with van der Waals surface area (Å²) in [6, 6.07) is 8.55. The molecule has 0 spiro atoms. The zero-order valence-corrected chi connectivity index (χ0v) is 13.3. The summed E-state index contributed by atoms with van der Waals surface area (Å²) in [4.78, 5) is 14.4. The number of benzene rings is 1. The van der Waals surface area contributed by atoms with Crippen molar-refractivity contribution in [1.29, 1.82) is 0 Å². The maximum Gasteiger partial charge on any atom is 0.223 e. The van der Waals surface area contributed by atoms with Crippen molar-refractivity contribution in [2.45, 2.75) is 38.1 Å². The third-order valence-electron chi connectivity index (χ3n) is 4.40. The predicted molar refractivity (Wildman–Crippen MR) is 84.7 cm³/mol. The van der Waals surface area contributed by atoms with Crippen LogP contribution in [0.15, 0.2) is 24.3 Å². The van der Waals surface area contributed by atoms with E-state index in [9.17, 15) is 4.79 Å². The molecular weight excluding hydrogens is 264 g/mol. The number of methoxy groups -OCH3 is 1. The van der Waals surface area contributed by atoms with E-state index in [1.807, 2.05) is 30.1 Å². The van der Waals surface area contributed by atoms with Crippen LogP contribution >= 0.6 is 0 Å². The Morgan fingerprint density at radius 3 is 2.76 bits per heavy atom. The molecule has 1 heterocycles. The maximum absolute atomic E-state index is 12.4. The van der Waals surface area contributed by atoms with Crippen LogP contribution in [0.25, 0.3) is 0 Å². The molecule has 4 nitrogen and oxygen atoms in total. The molecule has 1 fully saturated rings. The van der Waals surface area contributed by atoms with Gasteiger partial charge in [-0.25, -0.2) is 0 Å². The number of nitrogens with one attached hydrogen (secondary N) is 1. The van der Waals surface area contributed by atoms with E-state index in [0.717, 1.165) is 37.2 Å². The van der Waals surface area contributed by atoms with Gasteiger partial charge in [0.1, 0.15) is 5.75 Å². The monoisotopic (exact) mass is 290 g/mol. The van der Waals surface area contributed by atoms with Gasteiger partial charge in [0.05, 0.1) is 7.11 Å². The third kappa shape index (κ3) is 4.21. The number of carbonyl (C=O) groups excluding carboxylic acids is 1. The lowest BCUT2D eigenvalue weighted by Gasteiger charge is -2.32. The molecule has 0 radical (unpaired) electrons. The first-order chi connectivity index (χ1) is 10.1. The van der Waals surface area contributed by atoms with Crippen molar-refractivity contribution in [1.82, 2.24) is 10.2 Å². The first-order valence-electron chi connectivity index (χ1n) is 7.73. The molecule has 1 atom stereocenters. The summed E-state index contributed by atoms with van der Waals surface area (Å²) in [6.45, 7) is 3.84. The van der Waals surface area contributed by atoms with Crippen LogP contribution in [0.3, 0.4) is 0 Å². The van der Waals surface area contributed by atoms with Crippen molar-refractivity contribution in [3.63, 3.8) is 0 Å². The SMILES string of the molecule is CNC1CCN(C(=O)CC(C)c2cccc(OC)c2)CC1. The molecule has 1 aromatic carbocycles. The summed E-state index contributed by atoms with van der Waals surface area (Å²) in [5, 5.41) is 3.29. The highest BCUT2D eigenvalue weighted by molar-refractivity contribution is 5.77. The zero-order chi connectivity index (χ0) is 15.2. The fraction of sp³-hybridized carbons (Fsp3) is 0.588. The molecule has 1 aliphatic heterocycles. The first-order valence-corrected chi connectivity index (χ1v) is 7.73. The molecular formula is C17H26N2O2. The Balaban J connectivity index is 1.90. The van der Waals surface area contributed by atoms with Crippen LogP contribution in [0.1, 0.15) is 37.7 Å². The fourth-order valence-corrected chi connectivity index (χ4v) is 2.87. The molecule has 0 saturated carbocycles. The van der Waals surface area contributed by atoms with Crippen LogP contribution in [-0.2, 0) is 4.79 Å². The quantitative estimate of drug-likeness (QED) is 0.905. The van der Waals surface area contributed by atoms with Crippen molar-refractivity contribution in [3.8, 4) is 5.75 Å². The molecule has 0 aliphatic carbocycles. The third-order valence-corrected chi connectivity index (χ3v) is 4.40. The first kappa shape index (κ1) is 15.8. The standard InChI is InChI=1S/C17H26N2O2/c1-13(14-5-4-6-16(12-14)21-3)11-17(20)19-9-7-15(18-2)8-10-19/h4-6,12-13,15,18H,7-11H2,1-3H3. The van der Waals surface area contributed by atoms with Gasteiger partial charge in [0.2, 0.25) is 5.91 Å². The van der Waals surface area contributed by atoms with Crippen LogP contribution in [0.2, 0.25) is 0 Å². The van der Waals surface area contributed by atoms with E-state index in [2.05, 4.69) is 18.3 Å². The normalized spacial score (nSPS) is 17.6. The number of ether oxygens (including phenoxy) is 1. The summed E-state index contributed by atoms with van der Waals surface area (Å²) in [5.74, 6) is 1.33. The fourth-order valence-electron chi connectivity index (χ4n) is 2.87. The highest BCUT2D eigenvalue weighted by Crippen LogP contribution is 2.24. The molecule has 2 rings (SSSR count). The van der Waals surface area contributed by atoms with Gasteiger partial charge in [-0.2, -0.15) is 0 Å². The van der Waals surface area contributed by atoms with Crippen molar-refractivity contribution in [2.24, 2.45) is 0 Å². The lowest BCUT2D eigenvalue weighted by Crippen LogP contribution is -2.44. The number of nitrogens with zero attached hydrogens (tertiary/aromatic N) is 1. The van der Waals surface area contributed by atoms with Gasteiger partial charge in [-0.1, -0.05) is 19.1 Å². The average molecular weight is 290 g/mol. The van der Waals surface area contributed by atoms with Gasteiger partial charge >= 0.3 is 0 Å². The Kier molecular flexibility index (Phi) is 5.62. The van der Waals surface area contributed by atoms with Crippen molar-refractivity contribution < 1.29 is 9.53 Å². The molecule has 21 heavy (non-hydrogen) atoms. The molecule has 1 aliphatic rings. The van der Waals surface area contributed by atoms with Gasteiger partial charge in [0.25, 0.3) is 0 Å². The molecule has 1 saturated heterocycles. The minimum absolute atomic E-state index is 0.217. The minimum atomic E-state index is 0.217. The average Bonchev–Trinajstić information content (AvgIpc) is 2.54. The number of carbonyl (C=O) groups is 1. The summed E-state index contributed by atoms with van der Waals surface area (Å²) < 4.78 is 5.25. The molecule has 1 unspecified atom stereocenters.